The third-order valence-electron chi connectivity index (χ3n) is 6.16. The highest BCUT2D eigenvalue weighted by atomic mass is 16.5. The number of esters is 1. The molecule has 0 saturated carbocycles. The Bertz CT molecular complexity index is 1000. The van der Waals surface area contributed by atoms with Crippen LogP contribution in [-0.4, -0.2) is 22.1 Å². The molecule has 1 saturated heterocycles. The highest BCUT2D eigenvalue weighted by Gasteiger charge is 2.55. The van der Waals surface area contributed by atoms with Crippen LogP contribution in [0.25, 0.3) is 21.5 Å². The third kappa shape index (κ3) is 2.97. The van der Waals surface area contributed by atoms with E-state index >= 15 is 0 Å². The van der Waals surface area contributed by atoms with E-state index in [1.807, 2.05) is 52.0 Å². The summed E-state index contributed by atoms with van der Waals surface area (Å²) < 4.78 is 5.80. The van der Waals surface area contributed by atoms with Crippen molar-refractivity contribution in [2.24, 2.45) is 5.92 Å². The maximum atomic E-state index is 13.0. The number of benzene rings is 3. The van der Waals surface area contributed by atoms with Crippen LogP contribution in [0.2, 0.25) is 0 Å². The molecule has 1 fully saturated rings. The first-order valence-corrected chi connectivity index (χ1v) is 9.75. The summed E-state index contributed by atoms with van der Waals surface area (Å²) in [6.07, 6.45) is 0.499. The Morgan fingerprint density at radius 3 is 2.04 bits per heavy atom. The molecule has 0 N–H and O–H groups in total. The van der Waals surface area contributed by atoms with Gasteiger partial charge in [0.2, 0.25) is 0 Å². The fraction of sp³-hybridized carbons (Fsp3) is 0.375. The minimum Gasteiger partial charge on any atom is -0.460 e. The molecule has 0 spiro atoms. The van der Waals surface area contributed by atoms with Gasteiger partial charge >= 0.3 is 5.97 Å². The number of ether oxygens (including phenoxy) is 1. The SMILES string of the molecule is CC1(C)CC(C(=O)OCc2c3ccccc3cc3ccccc23)C(C)(C)N1[O]. The highest BCUT2D eigenvalue weighted by molar-refractivity contribution is 6.02. The molecule has 1 aliphatic rings. The average molecular weight is 376 g/mol. The van der Waals surface area contributed by atoms with E-state index in [0.29, 0.717) is 6.42 Å². The number of fused-ring (bicyclic) bond motifs is 2. The Morgan fingerprint density at radius 1 is 1.00 bits per heavy atom. The molecule has 0 amide bonds. The summed E-state index contributed by atoms with van der Waals surface area (Å²) in [7, 11) is 0. The zero-order valence-electron chi connectivity index (χ0n) is 16.9. The van der Waals surface area contributed by atoms with Crippen LogP contribution in [-0.2, 0) is 21.3 Å². The number of hydrogen-bond donors (Lipinski definition) is 0. The fourth-order valence-electron chi connectivity index (χ4n) is 4.63. The summed E-state index contributed by atoms with van der Waals surface area (Å²) in [6.45, 7) is 7.62. The van der Waals surface area contributed by atoms with Crippen molar-refractivity contribution in [3.05, 3.63) is 60.2 Å². The molecule has 4 rings (SSSR count). The van der Waals surface area contributed by atoms with Crippen molar-refractivity contribution in [3.8, 4) is 0 Å². The summed E-state index contributed by atoms with van der Waals surface area (Å²) in [4.78, 5) is 13.0. The number of hydroxylamine groups is 2. The minimum atomic E-state index is -0.776. The molecule has 1 heterocycles. The van der Waals surface area contributed by atoms with Crippen molar-refractivity contribution in [2.45, 2.75) is 51.8 Å². The molecular formula is C24H26NO3. The summed E-state index contributed by atoms with van der Waals surface area (Å²) in [5, 5.41) is 18.1. The number of carbonyl (C=O) groups is 1. The monoisotopic (exact) mass is 376 g/mol. The molecule has 1 unspecified atom stereocenters. The van der Waals surface area contributed by atoms with E-state index in [-0.39, 0.29) is 12.6 Å². The predicted molar refractivity (Wildman–Crippen MR) is 110 cm³/mol. The molecule has 4 heteroatoms. The largest absolute Gasteiger partial charge is 0.460 e. The van der Waals surface area contributed by atoms with Crippen LogP contribution < -0.4 is 0 Å². The Kier molecular flexibility index (Phi) is 4.44. The van der Waals surface area contributed by atoms with Crippen LogP contribution in [0, 0.1) is 5.92 Å². The van der Waals surface area contributed by atoms with Crippen molar-refractivity contribution >= 4 is 27.5 Å². The van der Waals surface area contributed by atoms with Gasteiger partial charge in [0.25, 0.3) is 0 Å². The Balaban J connectivity index is 1.66. The first-order valence-electron chi connectivity index (χ1n) is 9.75. The minimum absolute atomic E-state index is 0.201. The van der Waals surface area contributed by atoms with E-state index in [0.717, 1.165) is 32.2 Å². The lowest BCUT2D eigenvalue weighted by atomic mass is 9.87. The zero-order valence-corrected chi connectivity index (χ0v) is 16.9. The molecule has 0 aromatic heterocycles. The smallest absolute Gasteiger partial charge is 0.311 e. The molecule has 4 nitrogen and oxygen atoms in total. The molecule has 3 aromatic rings. The molecular weight excluding hydrogens is 350 g/mol. The van der Waals surface area contributed by atoms with Gasteiger partial charge in [-0.3, -0.25) is 4.79 Å². The number of hydrogen-bond acceptors (Lipinski definition) is 3. The second-order valence-electron chi connectivity index (χ2n) is 8.92. The van der Waals surface area contributed by atoms with Gasteiger partial charge < -0.3 is 4.74 Å². The number of carbonyl (C=O) groups excluding carboxylic acids is 1. The van der Waals surface area contributed by atoms with Crippen LogP contribution in [0.1, 0.15) is 39.7 Å². The maximum Gasteiger partial charge on any atom is 0.311 e. The van der Waals surface area contributed by atoms with E-state index < -0.39 is 17.0 Å². The van der Waals surface area contributed by atoms with Crippen LogP contribution in [0.15, 0.2) is 54.6 Å². The van der Waals surface area contributed by atoms with Crippen LogP contribution >= 0.6 is 0 Å². The van der Waals surface area contributed by atoms with E-state index in [1.165, 1.54) is 0 Å². The van der Waals surface area contributed by atoms with Crippen LogP contribution in [0.5, 0.6) is 0 Å². The van der Waals surface area contributed by atoms with Crippen molar-refractivity contribution < 1.29 is 14.7 Å². The van der Waals surface area contributed by atoms with Gasteiger partial charge in [0.05, 0.1) is 11.5 Å². The second-order valence-corrected chi connectivity index (χ2v) is 8.92. The lowest BCUT2D eigenvalue weighted by Gasteiger charge is -2.33. The van der Waals surface area contributed by atoms with Crippen molar-refractivity contribution in [2.75, 3.05) is 0 Å². The van der Waals surface area contributed by atoms with Crippen LogP contribution in [0.3, 0.4) is 0 Å². The van der Waals surface area contributed by atoms with E-state index in [4.69, 9.17) is 4.74 Å². The van der Waals surface area contributed by atoms with Gasteiger partial charge in [-0.2, -0.15) is 0 Å². The maximum absolute atomic E-state index is 13.0. The van der Waals surface area contributed by atoms with Crippen molar-refractivity contribution in [3.63, 3.8) is 0 Å². The van der Waals surface area contributed by atoms with Gasteiger partial charge in [0.15, 0.2) is 0 Å². The van der Waals surface area contributed by atoms with E-state index in [2.05, 4.69) is 30.3 Å². The third-order valence-corrected chi connectivity index (χ3v) is 6.16. The summed E-state index contributed by atoms with van der Waals surface area (Å²) in [6, 6.07) is 18.5. The molecule has 145 valence electrons. The molecule has 1 atom stereocenters. The first kappa shape index (κ1) is 18.9. The molecule has 1 radical (unpaired) electrons. The lowest BCUT2D eigenvalue weighted by molar-refractivity contribution is -0.249. The summed E-state index contributed by atoms with van der Waals surface area (Å²) in [5.41, 5.74) is -0.336. The molecule has 1 aliphatic heterocycles. The van der Waals surface area contributed by atoms with Gasteiger partial charge in [-0.25, -0.2) is 0 Å². The number of nitrogens with zero attached hydrogens (tertiary/aromatic N) is 1. The molecule has 0 aliphatic carbocycles. The van der Waals surface area contributed by atoms with E-state index in [9.17, 15) is 10.0 Å². The Morgan fingerprint density at radius 2 is 1.54 bits per heavy atom. The average Bonchev–Trinajstić information content (AvgIpc) is 2.84. The Labute approximate surface area is 165 Å². The second kappa shape index (κ2) is 6.57. The predicted octanol–water partition coefficient (Wildman–Crippen LogP) is 5.26. The first-order chi connectivity index (χ1) is 13.2. The van der Waals surface area contributed by atoms with Gasteiger partial charge in [0.1, 0.15) is 6.61 Å². The van der Waals surface area contributed by atoms with Gasteiger partial charge in [-0.1, -0.05) is 48.5 Å². The molecule has 3 aromatic carbocycles. The van der Waals surface area contributed by atoms with Gasteiger partial charge in [-0.15, -0.1) is 10.3 Å². The molecule has 0 bridgehead atoms. The van der Waals surface area contributed by atoms with Gasteiger partial charge in [-0.05, 0) is 61.7 Å². The van der Waals surface area contributed by atoms with Crippen LogP contribution in [0.4, 0.5) is 0 Å². The Hall–Kier alpha value is -2.43. The summed E-state index contributed by atoms with van der Waals surface area (Å²) >= 11 is 0. The van der Waals surface area contributed by atoms with E-state index in [1.54, 1.807) is 0 Å². The van der Waals surface area contributed by atoms with Crippen molar-refractivity contribution in [1.29, 1.82) is 0 Å². The zero-order chi connectivity index (χ0) is 20.1. The molecule has 28 heavy (non-hydrogen) atoms. The topological polar surface area (TPSA) is 49.4 Å². The number of rotatable bonds is 3. The standard InChI is InChI=1S/C24H26NO3/c1-23(2)14-21(24(3,4)25(23)27)22(26)28-15-20-18-11-7-5-9-16(18)13-17-10-6-8-12-19(17)20/h5-13,21H,14-15H2,1-4H3. The normalized spacial score (nSPS) is 21.2. The van der Waals surface area contributed by atoms with Gasteiger partial charge in [0, 0.05) is 11.1 Å². The highest BCUT2D eigenvalue weighted by Crippen LogP contribution is 2.44. The summed E-state index contributed by atoms with van der Waals surface area (Å²) in [5.74, 6) is -0.741. The fourth-order valence-corrected chi connectivity index (χ4v) is 4.63. The van der Waals surface area contributed by atoms with Crippen molar-refractivity contribution in [1.82, 2.24) is 5.06 Å². The lowest BCUT2D eigenvalue weighted by Crippen LogP contribution is -2.47. The quantitative estimate of drug-likeness (QED) is 0.463.